The van der Waals surface area contributed by atoms with Crippen LogP contribution in [0.5, 0.6) is 0 Å². The lowest BCUT2D eigenvalue weighted by Crippen LogP contribution is -2.27. The third-order valence-corrected chi connectivity index (χ3v) is 3.50. The molecule has 1 rings (SSSR count). The molecule has 0 aromatic heterocycles. The Hall–Kier alpha value is -1.65. The first kappa shape index (κ1) is 18.4. The third-order valence-electron chi connectivity index (χ3n) is 3.50. The number of rotatable bonds is 10. The van der Waals surface area contributed by atoms with Crippen molar-refractivity contribution in [2.45, 2.75) is 20.8 Å². The summed E-state index contributed by atoms with van der Waals surface area (Å²) in [6.07, 6.45) is 1.78. The summed E-state index contributed by atoms with van der Waals surface area (Å²) >= 11 is 0. The largest absolute Gasteiger partial charge is 0.460 e. The first-order valence-electron chi connectivity index (χ1n) is 7.91. The molecule has 122 valence electrons. The molecule has 0 unspecified atom stereocenters. The van der Waals surface area contributed by atoms with Crippen LogP contribution in [0.4, 0.5) is 0 Å². The van der Waals surface area contributed by atoms with Gasteiger partial charge in [0.05, 0.1) is 18.8 Å². The minimum Gasteiger partial charge on any atom is -0.460 e. The molecule has 0 aliphatic heterocycles. The molecule has 0 heterocycles. The summed E-state index contributed by atoms with van der Waals surface area (Å²) in [5.41, 5.74) is 1.46. The van der Waals surface area contributed by atoms with Gasteiger partial charge < -0.3 is 14.4 Å². The lowest BCUT2D eigenvalue weighted by molar-refractivity contribution is -0.138. The normalized spacial score (nSPS) is 11.7. The van der Waals surface area contributed by atoms with Crippen LogP contribution in [0.3, 0.4) is 0 Å². The van der Waals surface area contributed by atoms with Crippen molar-refractivity contribution in [1.29, 1.82) is 0 Å². The molecule has 4 heteroatoms. The molecule has 0 radical (unpaired) electrons. The van der Waals surface area contributed by atoms with E-state index in [1.807, 2.05) is 37.3 Å². The summed E-state index contributed by atoms with van der Waals surface area (Å²) in [4.78, 5) is 14.3. The maximum absolute atomic E-state index is 12.1. The van der Waals surface area contributed by atoms with Gasteiger partial charge in [0.15, 0.2) is 0 Å². The number of likely N-dealkylation sites (N-methyl/N-ethyl adjacent to an activating group) is 1. The van der Waals surface area contributed by atoms with Crippen molar-refractivity contribution >= 4 is 11.5 Å². The van der Waals surface area contributed by atoms with E-state index in [0.717, 1.165) is 25.2 Å². The summed E-state index contributed by atoms with van der Waals surface area (Å²) in [6.45, 7) is 10.4. The minimum absolute atomic E-state index is 0.279. The first-order valence-corrected chi connectivity index (χ1v) is 7.91. The van der Waals surface area contributed by atoms with E-state index in [4.69, 9.17) is 9.47 Å². The van der Waals surface area contributed by atoms with E-state index in [9.17, 15) is 4.79 Å². The van der Waals surface area contributed by atoms with Gasteiger partial charge in [-0.05, 0) is 25.6 Å². The van der Waals surface area contributed by atoms with Crippen molar-refractivity contribution in [1.82, 2.24) is 4.90 Å². The Bertz CT molecular complexity index is 453. The minimum atomic E-state index is -0.305. The standard InChI is InChI=1S/C18H27NO3/c1-4-17(16-10-8-7-9-11-16)18(20)22-15-14-21-13-12-19(5-2)6-3/h4,7-11H,5-6,12-15H2,1-3H3/b17-4+. The number of hydrogen-bond donors (Lipinski definition) is 0. The lowest BCUT2D eigenvalue weighted by Gasteiger charge is -2.17. The Balaban J connectivity index is 2.26. The summed E-state index contributed by atoms with van der Waals surface area (Å²) in [5.74, 6) is -0.305. The molecule has 0 amide bonds. The Kier molecular flexibility index (Phi) is 9.19. The summed E-state index contributed by atoms with van der Waals surface area (Å²) < 4.78 is 10.8. The van der Waals surface area contributed by atoms with Crippen LogP contribution in [-0.4, -0.2) is 50.3 Å². The fourth-order valence-electron chi connectivity index (χ4n) is 2.13. The number of esters is 1. The lowest BCUT2D eigenvalue weighted by atomic mass is 10.1. The number of benzene rings is 1. The fraction of sp³-hybridized carbons (Fsp3) is 0.500. The van der Waals surface area contributed by atoms with E-state index in [2.05, 4.69) is 18.7 Å². The molecule has 1 aromatic rings. The number of hydrogen-bond acceptors (Lipinski definition) is 4. The van der Waals surface area contributed by atoms with E-state index in [0.29, 0.717) is 18.8 Å². The highest BCUT2D eigenvalue weighted by Gasteiger charge is 2.11. The van der Waals surface area contributed by atoms with Gasteiger partial charge in [0.25, 0.3) is 0 Å². The van der Waals surface area contributed by atoms with Crippen molar-refractivity contribution in [3.8, 4) is 0 Å². The van der Waals surface area contributed by atoms with E-state index < -0.39 is 0 Å². The van der Waals surface area contributed by atoms with Crippen LogP contribution in [0.1, 0.15) is 26.3 Å². The van der Waals surface area contributed by atoms with Gasteiger partial charge in [0, 0.05) is 6.54 Å². The number of nitrogens with zero attached hydrogens (tertiary/aromatic N) is 1. The third kappa shape index (κ3) is 6.41. The van der Waals surface area contributed by atoms with Crippen molar-refractivity contribution in [3.63, 3.8) is 0 Å². The van der Waals surface area contributed by atoms with Crippen molar-refractivity contribution in [2.24, 2.45) is 0 Å². The van der Waals surface area contributed by atoms with Gasteiger partial charge in [-0.25, -0.2) is 4.79 Å². The van der Waals surface area contributed by atoms with Crippen LogP contribution in [-0.2, 0) is 14.3 Å². The number of carbonyl (C=O) groups excluding carboxylic acids is 1. The number of carbonyl (C=O) groups is 1. The second-order valence-electron chi connectivity index (χ2n) is 4.84. The van der Waals surface area contributed by atoms with Gasteiger partial charge in [-0.3, -0.25) is 0 Å². The number of ether oxygens (including phenoxy) is 2. The Morgan fingerprint density at radius 2 is 1.77 bits per heavy atom. The molecule has 0 saturated carbocycles. The van der Waals surface area contributed by atoms with Gasteiger partial charge in [0.2, 0.25) is 0 Å². The molecule has 0 fully saturated rings. The SMILES string of the molecule is C/C=C(/C(=O)OCCOCCN(CC)CC)c1ccccc1. The molecule has 0 N–H and O–H groups in total. The predicted octanol–water partition coefficient (Wildman–Crippen LogP) is 2.99. The Morgan fingerprint density at radius 1 is 1.09 bits per heavy atom. The first-order chi connectivity index (χ1) is 10.7. The molecule has 0 saturated heterocycles. The van der Waals surface area contributed by atoms with E-state index in [-0.39, 0.29) is 12.6 Å². The molecule has 4 nitrogen and oxygen atoms in total. The van der Waals surface area contributed by atoms with Crippen molar-refractivity contribution in [3.05, 3.63) is 42.0 Å². The van der Waals surface area contributed by atoms with Crippen LogP contribution >= 0.6 is 0 Å². The summed E-state index contributed by atoms with van der Waals surface area (Å²) in [6, 6.07) is 9.53. The predicted molar refractivity (Wildman–Crippen MR) is 89.7 cm³/mol. The van der Waals surface area contributed by atoms with Gasteiger partial charge in [-0.1, -0.05) is 50.3 Å². The summed E-state index contributed by atoms with van der Waals surface area (Å²) in [7, 11) is 0. The molecule has 0 atom stereocenters. The highest BCUT2D eigenvalue weighted by Crippen LogP contribution is 2.15. The Morgan fingerprint density at radius 3 is 2.36 bits per heavy atom. The topological polar surface area (TPSA) is 38.8 Å². The smallest absolute Gasteiger partial charge is 0.338 e. The zero-order chi connectivity index (χ0) is 16.2. The van der Waals surface area contributed by atoms with Gasteiger partial charge in [-0.2, -0.15) is 0 Å². The zero-order valence-electron chi connectivity index (χ0n) is 13.9. The van der Waals surface area contributed by atoms with Crippen LogP contribution < -0.4 is 0 Å². The van der Waals surface area contributed by atoms with Crippen LogP contribution in [0.2, 0.25) is 0 Å². The van der Waals surface area contributed by atoms with Crippen molar-refractivity contribution < 1.29 is 14.3 Å². The zero-order valence-corrected chi connectivity index (χ0v) is 13.9. The van der Waals surface area contributed by atoms with Crippen molar-refractivity contribution in [2.75, 3.05) is 39.5 Å². The number of allylic oxidation sites excluding steroid dienone is 1. The fourth-order valence-corrected chi connectivity index (χ4v) is 2.13. The molecule has 0 bridgehead atoms. The monoisotopic (exact) mass is 305 g/mol. The second-order valence-corrected chi connectivity index (χ2v) is 4.84. The molecule has 22 heavy (non-hydrogen) atoms. The maximum atomic E-state index is 12.1. The second kappa shape index (κ2) is 11.0. The van der Waals surface area contributed by atoms with Gasteiger partial charge in [-0.15, -0.1) is 0 Å². The maximum Gasteiger partial charge on any atom is 0.338 e. The van der Waals surface area contributed by atoms with Crippen LogP contribution in [0, 0.1) is 0 Å². The average Bonchev–Trinajstić information content (AvgIpc) is 2.56. The summed E-state index contributed by atoms with van der Waals surface area (Å²) in [5, 5.41) is 0. The molecule has 0 aliphatic rings. The Labute approximate surface area is 133 Å². The highest BCUT2D eigenvalue weighted by molar-refractivity contribution is 6.16. The van der Waals surface area contributed by atoms with Crippen LogP contribution in [0.25, 0.3) is 5.57 Å². The van der Waals surface area contributed by atoms with E-state index in [1.54, 1.807) is 6.08 Å². The van der Waals surface area contributed by atoms with Crippen LogP contribution in [0.15, 0.2) is 36.4 Å². The molecular formula is C18H27NO3. The molecular weight excluding hydrogens is 278 g/mol. The molecule has 0 spiro atoms. The highest BCUT2D eigenvalue weighted by atomic mass is 16.6. The molecule has 0 aliphatic carbocycles. The quantitative estimate of drug-likeness (QED) is 0.378. The van der Waals surface area contributed by atoms with E-state index in [1.165, 1.54) is 0 Å². The van der Waals surface area contributed by atoms with E-state index >= 15 is 0 Å². The van der Waals surface area contributed by atoms with Gasteiger partial charge in [0.1, 0.15) is 6.61 Å². The molecule has 1 aromatic carbocycles. The average molecular weight is 305 g/mol. The van der Waals surface area contributed by atoms with Gasteiger partial charge >= 0.3 is 5.97 Å².